The number of aromatic amines is 1. The van der Waals surface area contributed by atoms with Crippen LogP contribution in [0.25, 0.3) is 22.2 Å². The zero-order valence-corrected chi connectivity index (χ0v) is 10.2. The highest BCUT2D eigenvalue weighted by atomic mass is 19.1. The molecular formula is C15H9F2NO2. The molecule has 2 N–H and O–H groups in total. The highest BCUT2D eigenvalue weighted by Gasteiger charge is 2.11. The first-order chi connectivity index (χ1) is 9.56. The number of phenols is 1. The molecule has 0 radical (unpaired) electrons. The van der Waals surface area contributed by atoms with Gasteiger partial charge in [0.15, 0.2) is 5.43 Å². The first kappa shape index (κ1) is 12.3. The SMILES string of the molecule is O=c1cc(-c2ccc(O)cc2F)[nH]c2cccc(F)c12. The maximum atomic E-state index is 13.8. The maximum absolute atomic E-state index is 13.8. The van der Waals surface area contributed by atoms with Crippen molar-refractivity contribution < 1.29 is 13.9 Å². The van der Waals surface area contributed by atoms with Crippen molar-refractivity contribution in [3.8, 4) is 17.0 Å². The summed E-state index contributed by atoms with van der Waals surface area (Å²) in [5.74, 6) is -1.50. The third kappa shape index (κ3) is 1.93. The van der Waals surface area contributed by atoms with E-state index in [2.05, 4.69) is 4.98 Å². The minimum Gasteiger partial charge on any atom is -0.508 e. The number of aromatic nitrogens is 1. The van der Waals surface area contributed by atoms with Gasteiger partial charge in [-0.15, -0.1) is 0 Å². The summed E-state index contributed by atoms with van der Waals surface area (Å²) in [5.41, 5.74) is 0.121. The minimum absolute atomic E-state index is 0.0598. The molecule has 0 aliphatic carbocycles. The van der Waals surface area contributed by atoms with Gasteiger partial charge in [-0.1, -0.05) is 6.07 Å². The van der Waals surface area contributed by atoms with E-state index in [1.165, 1.54) is 24.3 Å². The standard InChI is InChI=1S/C15H9F2NO2/c16-10-2-1-3-12-15(10)14(20)7-13(18-12)9-5-4-8(19)6-11(9)17/h1-7,19H,(H,18,20). The number of pyridine rings is 1. The summed E-state index contributed by atoms with van der Waals surface area (Å²) in [7, 11) is 0. The fourth-order valence-corrected chi connectivity index (χ4v) is 2.13. The van der Waals surface area contributed by atoms with Crippen LogP contribution in [0.1, 0.15) is 0 Å². The number of aromatic hydroxyl groups is 1. The first-order valence-corrected chi connectivity index (χ1v) is 5.87. The van der Waals surface area contributed by atoms with Crippen LogP contribution in [-0.2, 0) is 0 Å². The summed E-state index contributed by atoms with van der Waals surface area (Å²) in [6.07, 6.45) is 0. The Morgan fingerprint density at radius 2 is 1.80 bits per heavy atom. The van der Waals surface area contributed by atoms with E-state index in [4.69, 9.17) is 0 Å². The lowest BCUT2D eigenvalue weighted by molar-refractivity contribution is 0.469. The molecule has 2 aromatic carbocycles. The van der Waals surface area contributed by atoms with Crippen molar-refractivity contribution in [1.82, 2.24) is 4.98 Å². The quantitative estimate of drug-likeness (QED) is 0.715. The van der Waals surface area contributed by atoms with Gasteiger partial charge in [-0.25, -0.2) is 8.78 Å². The monoisotopic (exact) mass is 273 g/mol. The van der Waals surface area contributed by atoms with E-state index in [0.717, 1.165) is 12.1 Å². The van der Waals surface area contributed by atoms with E-state index in [1.807, 2.05) is 0 Å². The Morgan fingerprint density at radius 3 is 2.55 bits per heavy atom. The molecule has 1 heterocycles. The maximum Gasteiger partial charge on any atom is 0.192 e. The van der Waals surface area contributed by atoms with Crippen LogP contribution in [0, 0.1) is 11.6 Å². The molecule has 0 fully saturated rings. The molecule has 5 heteroatoms. The first-order valence-electron chi connectivity index (χ1n) is 5.87. The zero-order chi connectivity index (χ0) is 14.3. The third-order valence-corrected chi connectivity index (χ3v) is 3.05. The van der Waals surface area contributed by atoms with Crippen LogP contribution in [0.3, 0.4) is 0 Å². The van der Waals surface area contributed by atoms with Crippen molar-refractivity contribution >= 4 is 10.9 Å². The summed E-state index contributed by atoms with van der Waals surface area (Å²) < 4.78 is 27.4. The van der Waals surface area contributed by atoms with E-state index in [-0.39, 0.29) is 22.4 Å². The van der Waals surface area contributed by atoms with Crippen LogP contribution in [0.15, 0.2) is 47.3 Å². The Kier molecular flexibility index (Phi) is 2.75. The molecule has 0 amide bonds. The van der Waals surface area contributed by atoms with Crippen LogP contribution in [0.4, 0.5) is 8.78 Å². The molecule has 3 nitrogen and oxygen atoms in total. The molecule has 0 bridgehead atoms. The predicted molar refractivity (Wildman–Crippen MR) is 71.6 cm³/mol. The van der Waals surface area contributed by atoms with Crippen molar-refractivity contribution in [3.63, 3.8) is 0 Å². The van der Waals surface area contributed by atoms with Crippen LogP contribution in [0.2, 0.25) is 0 Å². The van der Waals surface area contributed by atoms with Gasteiger partial charge in [0, 0.05) is 17.7 Å². The van der Waals surface area contributed by atoms with Crippen molar-refractivity contribution in [3.05, 3.63) is 64.3 Å². The predicted octanol–water partition coefficient (Wildman–Crippen LogP) is 3.18. The van der Waals surface area contributed by atoms with E-state index >= 15 is 0 Å². The van der Waals surface area contributed by atoms with Gasteiger partial charge in [-0.05, 0) is 24.3 Å². The molecule has 0 aliphatic heterocycles. The lowest BCUT2D eigenvalue weighted by Gasteiger charge is -2.06. The van der Waals surface area contributed by atoms with Crippen molar-refractivity contribution in [1.29, 1.82) is 0 Å². The Bertz CT molecular complexity index is 871. The van der Waals surface area contributed by atoms with Crippen LogP contribution in [0.5, 0.6) is 5.75 Å². The lowest BCUT2D eigenvalue weighted by atomic mass is 10.1. The molecule has 0 spiro atoms. The molecule has 20 heavy (non-hydrogen) atoms. The van der Waals surface area contributed by atoms with Gasteiger partial charge in [0.2, 0.25) is 0 Å². The van der Waals surface area contributed by atoms with Gasteiger partial charge in [0.25, 0.3) is 0 Å². The molecule has 0 unspecified atom stereocenters. The number of fused-ring (bicyclic) bond motifs is 1. The largest absolute Gasteiger partial charge is 0.508 e. The van der Waals surface area contributed by atoms with E-state index in [0.29, 0.717) is 5.52 Å². The summed E-state index contributed by atoms with van der Waals surface area (Å²) >= 11 is 0. The highest BCUT2D eigenvalue weighted by Crippen LogP contribution is 2.25. The number of rotatable bonds is 1. The molecule has 0 saturated carbocycles. The number of hydrogen-bond donors (Lipinski definition) is 2. The molecule has 0 saturated heterocycles. The smallest absolute Gasteiger partial charge is 0.192 e. The van der Waals surface area contributed by atoms with Crippen LogP contribution in [-0.4, -0.2) is 10.1 Å². The number of hydrogen-bond acceptors (Lipinski definition) is 2. The highest BCUT2D eigenvalue weighted by molar-refractivity contribution is 5.82. The fourth-order valence-electron chi connectivity index (χ4n) is 2.13. The van der Waals surface area contributed by atoms with Crippen molar-refractivity contribution in [2.75, 3.05) is 0 Å². The van der Waals surface area contributed by atoms with Gasteiger partial charge < -0.3 is 10.1 Å². The molecule has 1 aromatic heterocycles. The van der Waals surface area contributed by atoms with Crippen LogP contribution < -0.4 is 5.43 Å². The number of phenolic OH excluding ortho intramolecular Hbond substituents is 1. The van der Waals surface area contributed by atoms with Crippen molar-refractivity contribution in [2.24, 2.45) is 0 Å². The van der Waals surface area contributed by atoms with Gasteiger partial charge >= 0.3 is 0 Å². The van der Waals surface area contributed by atoms with Crippen LogP contribution >= 0.6 is 0 Å². The van der Waals surface area contributed by atoms with Gasteiger partial charge in [0.05, 0.1) is 16.6 Å². The average Bonchev–Trinajstić information content (AvgIpc) is 2.38. The second-order valence-electron chi connectivity index (χ2n) is 4.37. The number of halogens is 2. The average molecular weight is 273 g/mol. The van der Waals surface area contributed by atoms with Gasteiger partial charge in [0.1, 0.15) is 17.4 Å². The Morgan fingerprint density at radius 1 is 1.00 bits per heavy atom. The normalized spacial score (nSPS) is 10.9. The Labute approximate surface area is 112 Å². The summed E-state index contributed by atoms with van der Waals surface area (Å²) in [6.45, 7) is 0. The molecule has 0 aliphatic rings. The van der Waals surface area contributed by atoms with E-state index in [9.17, 15) is 18.7 Å². The minimum atomic E-state index is -0.670. The van der Waals surface area contributed by atoms with E-state index in [1.54, 1.807) is 6.07 Å². The lowest BCUT2D eigenvalue weighted by Crippen LogP contribution is -2.05. The third-order valence-electron chi connectivity index (χ3n) is 3.05. The second kappa shape index (κ2) is 4.45. The Balaban J connectivity index is 2.31. The summed E-state index contributed by atoms with van der Waals surface area (Å²) in [5, 5.41) is 9.13. The molecule has 0 atom stereocenters. The van der Waals surface area contributed by atoms with Gasteiger partial charge in [-0.3, -0.25) is 4.79 Å². The Hall–Kier alpha value is -2.69. The van der Waals surface area contributed by atoms with Crippen molar-refractivity contribution in [2.45, 2.75) is 0 Å². The molecule has 3 aromatic rings. The second-order valence-corrected chi connectivity index (χ2v) is 4.37. The van der Waals surface area contributed by atoms with E-state index < -0.39 is 17.1 Å². The zero-order valence-electron chi connectivity index (χ0n) is 10.2. The molecule has 3 rings (SSSR count). The number of nitrogens with one attached hydrogen (secondary N) is 1. The molecule has 100 valence electrons. The van der Waals surface area contributed by atoms with Gasteiger partial charge in [-0.2, -0.15) is 0 Å². The number of H-pyrrole nitrogens is 1. The summed E-state index contributed by atoms with van der Waals surface area (Å²) in [6, 6.07) is 8.95. The topological polar surface area (TPSA) is 53.1 Å². The molecular weight excluding hydrogens is 264 g/mol. The number of benzene rings is 2. The fraction of sp³-hybridized carbons (Fsp3) is 0. The summed E-state index contributed by atoms with van der Waals surface area (Å²) in [4.78, 5) is 14.8.